The van der Waals surface area contributed by atoms with Crippen LogP contribution in [0.1, 0.15) is 16.7 Å². The zero-order valence-corrected chi connectivity index (χ0v) is 9.64. The molecule has 0 spiro atoms. The Morgan fingerprint density at radius 3 is 2.41 bits per heavy atom. The predicted octanol–water partition coefficient (Wildman–Crippen LogP) is 3.11. The summed E-state index contributed by atoms with van der Waals surface area (Å²) < 4.78 is 0. The van der Waals surface area contributed by atoms with Gasteiger partial charge < -0.3 is 5.73 Å². The molecule has 0 radical (unpaired) electrons. The molecule has 0 saturated carbocycles. The molecule has 17 heavy (non-hydrogen) atoms. The SMILES string of the molecule is NC1(c2ccccc2)C=Cc2ccccc2C1. The Kier molecular flexibility index (Phi) is 2.34. The van der Waals surface area contributed by atoms with Crippen molar-refractivity contribution in [2.75, 3.05) is 0 Å². The monoisotopic (exact) mass is 221 g/mol. The van der Waals surface area contributed by atoms with Crippen LogP contribution in [0, 0.1) is 0 Å². The molecule has 3 rings (SSSR count). The lowest BCUT2D eigenvalue weighted by Crippen LogP contribution is -2.38. The summed E-state index contributed by atoms with van der Waals surface area (Å²) in [5.41, 5.74) is 9.92. The molecule has 84 valence electrons. The van der Waals surface area contributed by atoms with E-state index in [9.17, 15) is 0 Å². The highest BCUT2D eigenvalue weighted by molar-refractivity contribution is 5.60. The van der Waals surface area contributed by atoms with Gasteiger partial charge in [-0.3, -0.25) is 0 Å². The topological polar surface area (TPSA) is 26.0 Å². The molecule has 0 bridgehead atoms. The number of nitrogens with two attached hydrogens (primary N) is 1. The molecule has 1 unspecified atom stereocenters. The minimum atomic E-state index is -0.365. The van der Waals surface area contributed by atoms with Crippen molar-refractivity contribution in [1.29, 1.82) is 0 Å². The lowest BCUT2D eigenvalue weighted by Gasteiger charge is -2.30. The molecule has 0 saturated heterocycles. The molecule has 1 aliphatic carbocycles. The van der Waals surface area contributed by atoms with E-state index >= 15 is 0 Å². The van der Waals surface area contributed by atoms with Crippen molar-refractivity contribution >= 4 is 6.08 Å². The lowest BCUT2D eigenvalue weighted by molar-refractivity contribution is 0.554. The number of benzene rings is 2. The van der Waals surface area contributed by atoms with Crippen LogP contribution in [0.15, 0.2) is 60.7 Å². The van der Waals surface area contributed by atoms with Crippen molar-refractivity contribution < 1.29 is 0 Å². The van der Waals surface area contributed by atoms with E-state index in [1.807, 2.05) is 18.2 Å². The van der Waals surface area contributed by atoms with Crippen LogP contribution in [-0.2, 0) is 12.0 Å². The van der Waals surface area contributed by atoms with Crippen LogP contribution < -0.4 is 5.73 Å². The lowest BCUT2D eigenvalue weighted by atomic mass is 9.79. The van der Waals surface area contributed by atoms with Crippen LogP contribution >= 0.6 is 0 Å². The third-order valence-corrected chi connectivity index (χ3v) is 3.41. The number of hydrogen-bond acceptors (Lipinski definition) is 1. The summed E-state index contributed by atoms with van der Waals surface area (Å²) in [6, 6.07) is 18.7. The highest BCUT2D eigenvalue weighted by Gasteiger charge is 2.27. The zero-order valence-electron chi connectivity index (χ0n) is 9.64. The van der Waals surface area contributed by atoms with Gasteiger partial charge in [0.25, 0.3) is 0 Å². The van der Waals surface area contributed by atoms with Gasteiger partial charge in [0.2, 0.25) is 0 Å². The molecule has 0 aromatic heterocycles. The number of fused-ring (bicyclic) bond motifs is 1. The molecule has 1 nitrogen and oxygen atoms in total. The van der Waals surface area contributed by atoms with Gasteiger partial charge in [-0.05, 0) is 23.1 Å². The molecular weight excluding hydrogens is 206 g/mol. The zero-order chi connectivity index (χ0) is 11.7. The summed E-state index contributed by atoms with van der Waals surface area (Å²) in [5.74, 6) is 0. The average Bonchev–Trinajstić information content (AvgIpc) is 2.40. The van der Waals surface area contributed by atoms with E-state index in [2.05, 4.69) is 48.6 Å². The summed E-state index contributed by atoms with van der Waals surface area (Å²) in [6.45, 7) is 0. The Balaban J connectivity index is 2.04. The average molecular weight is 221 g/mol. The smallest absolute Gasteiger partial charge is 0.0639 e. The van der Waals surface area contributed by atoms with Crippen LogP contribution in [0.4, 0.5) is 0 Å². The second-order valence-electron chi connectivity index (χ2n) is 4.62. The van der Waals surface area contributed by atoms with E-state index in [4.69, 9.17) is 5.73 Å². The fourth-order valence-corrected chi connectivity index (χ4v) is 2.42. The Hall–Kier alpha value is -1.86. The van der Waals surface area contributed by atoms with E-state index in [-0.39, 0.29) is 5.54 Å². The van der Waals surface area contributed by atoms with Gasteiger partial charge in [0, 0.05) is 0 Å². The van der Waals surface area contributed by atoms with E-state index in [0.717, 1.165) is 6.42 Å². The maximum absolute atomic E-state index is 6.51. The van der Waals surface area contributed by atoms with Gasteiger partial charge in [-0.1, -0.05) is 66.7 Å². The van der Waals surface area contributed by atoms with Gasteiger partial charge in [0.1, 0.15) is 0 Å². The fraction of sp³-hybridized carbons (Fsp3) is 0.125. The van der Waals surface area contributed by atoms with Crippen LogP contribution in [0.3, 0.4) is 0 Å². The summed E-state index contributed by atoms with van der Waals surface area (Å²) in [5, 5.41) is 0. The maximum Gasteiger partial charge on any atom is 0.0639 e. The Bertz CT molecular complexity index is 557. The van der Waals surface area contributed by atoms with E-state index in [1.165, 1.54) is 16.7 Å². The Morgan fingerprint density at radius 1 is 0.882 bits per heavy atom. The van der Waals surface area contributed by atoms with Gasteiger partial charge in [0.15, 0.2) is 0 Å². The second kappa shape index (κ2) is 3.86. The molecule has 2 aromatic rings. The molecule has 0 heterocycles. The predicted molar refractivity (Wildman–Crippen MR) is 71.5 cm³/mol. The van der Waals surface area contributed by atoms with Gasteiger partial charge in [0.05, 0.1) is 5.54 Å². The minimum absolute atomic E-state index is 0.365. The van der Waals surface area contributed by atoms with Crippen LogP contribution in [0.5, 0.6) is 0 Å². The van der Waals surface area contributed by atoms with E-state index in [1.54, 1.807) is 0 Å². The number of rotatable bonds is 1. The van der Waals surface area contributed by atoms with Crippen LogP contribution in [-0.4, -0.2) is 0 Å². The van der Waals surface area contributed by atoms with Crippen LogP contribution in [0.2, 0.25) is 0 Å². The third kappa shape index (κ3) is 1.79. The third-order valence-electron chi connectivity index (χ3n) is 3.41. The standard InChI is InChI=1S/C16H15N/c17-16(15-8-2-1-3-9-15)11-10-13-6-4-5-7-14(13)12-16/h1-11H,12,17H2. The van der Waals surface area contributed by atoms with Crippen molar-refractivity contribution in [3.63, 3.8) is 0 Å². The summed E-state index contributed by atoms with van der Waals surface area (Å²) in [7, 11) is 0. The molecular formula is C16H15N. The first-order valence-corrected chi connectivity index (χ1v) is 5.89. The molecule has 1 aliphatic rings. The Morgan fingerprint density at radius 2 is 1.59 bits per heavy atom. The maximum atomic E-state index is 6.51. The van der Waals surface area contributed by atoms with Gasteiger partial charge in [-0.2, -0.15) is 0 Å². The summed E-state index contributed by atoms with van der Waals surface area (Å²) >= 11 is 0. The van der Waals surface area contributed by atoms with Crippen molar-refractivity contribution in [3.8, 4) is 0 Å². The van der Waals surface area contributed by atoms with Crippen molar-refractivity contribution in [3.05, 3.63) is 77.4 Å². The molecule has 2 aromatic carbocycles. The number of hydrogen-bond donors (Lipinski definition) is 1. The molecule has 1 atom stereocenters. The minimum Gasteiger partial charge on any atom is -0.318 e. The molecule has 0 amide bonds. The fourth-order valence-electron chi connectivity index (χ4n) is 2.42. The normalized spacial score (nSPS) is 22.2. The first-order valence-electron chi connectivity index (χ1n) is 5.89. The first-order chi connectivity index (χ1) is 8.28. The van der Waals surface area contributed by atoms with Crippen molar-refractivity contribution in [1.82, 2.24) is 0 Å². The van der Waals surface area contributed by atoms with Gasteiger partial charge >= 0.3 is 0 Å². The summed E-state index contributed by atoms with van der Waals surface area (Å²) in [4.78, 5) is 0. The van der Waals surface area contributed by atoms with Gasteiger partial charge in [-0.15, -0.1) is 0 Å². The van der Waals surface area contributed by atoms with E-state index < -0.39 is 0 Å². The molecule has 0 fully saturated rings. The highest BCUT2D eigenvalue weighted by atomic mass is 14.7. The van der Waals surface area contributed by atoms with Crippen molar-refractivity contribution in [2.45, 2.75) is 12.0 Å². The van der Waals surface area contributed by atoms with Crippen LogP contribution in [0.25, 0.3) is 6.08 Å². The largest absolute Gasteiger partial charge is 0.318 e. The molecule has 2 N–H and O–H groups in total. The highest BCUT2D eigenvalue weighted by Crippen LogP contribution is 2.31. The first kappa shape index (κ1) is 10.3. The van der Waals surface area contributed by atoms with Crippen molar-refractivity contribution in [2.24, 2.45) is 5.73 Å². The van der Waals surface area contributed by atoms with Gasteiger partial charge in [-0.25, -0.2) is 0 Å². The summed E-state index contributed by atoms with van der Waals surface area (Å²) in [6.07, 6.45) is 5.11. The second-order valence-corrected chi connectivity index (χ2v) is 4.62. The quantitative estimate of drug-likeness (QED) is 0.786. The molecule has 1 heteroatoms. The van der Waals surface area contributed by atoms with E-state index in [0.29, 0.717) is 0 Å². The molecule has 0 aliphatic heterocycles. The Labute approximate surface area is 102 Å².